The van der Waals surface area contributed by atoms with Crippen molar-refractivity contribution in [3.63, 3.8) is 0 Å². The Morgan fingerprint density at radius 2 is 2.11 bits per heavy atom. The number of nitrogens with zero attached hydrogens (tertiary/aromatic N) is 1. The Balaban J connectivity index is 2.36. The van der Waals surface area contributed by atoms with Crippen molar-refractivity contribution in [3.8, 4) is 0 Å². The van der Waals surface area contributed by atoms with Crippen LogP contribution in [0.3, 0.4) is 0 Å². The van der Waals surface area contributed by atoms with Gasteiger partial charge in [0.25, 0.3) is 0 Å². The summed E-state index contributed by atoms with van der Waals surface area (Å²) < 4.78 is 4.93. The first-order valence-electron chi connectivity index (χ1n) is 2.97. The second-order valence-corrected chi connectivity index (χ2v) is 1.97. The molecule has 0 radical (unpaired) electrons. The fourth-order valence-corrected chi connectivity index (χ4v) is 0.811. The van der Waals surface area contributed by atoms with E-state index in [2.05, 4.69) is 23.6 Å². The molecular formula is C7H11NO. The lowest BCUT2D eigenvalue weighted by molar-refractivity contribution is 0.180. The maximum atomic E-state index is 4.93. The quantitative estimate of drug-likeness (QED) is 0.403. The van der Waals surface area contributed by atoms with Crippen molar-refractivity contribution in [2.24, 2.45) is 0 Å². The van der Waals surface area contributed by atoms with Gasteiger partial charge in [0.15, 0.2) is 5.88 Å². The van der Waals surface area contributed by atoms with E-state index in [1.807, 2.05) is 0 Å². The molecule has 0 saturated heterocycles. The van der Waals surface area contributed by atoms with Crippen LogP contribution in [0, 0.1) is 0 Å². The molecule has 0 aliphatic carbocycles. The minimum absolute atomic E-state index is 0.750. The van der Waals surface area contributed by atoms with E-state index in [1.165, 1.54) is 0 Å². The van der Waals surface area contributed by atoms with Crippen LogP contribution in [-0.2, 0) is 4.74 Å². The standard InChI is InChI=1S/C7H11NO/c1-7(9-2)8-5-3-4-6-8/h3-4H,1,5-6H2,2H3. The van der Waals surface area contributed by atoms with Gasteiger partial charge in [-0.1, -0.05) is 12.2 Å². The Hall–Kier alpha value is -0.920. The van der Waals surface area contributed by atoms with Crippen LogP contribution in [-0.4, -0.2) is 25.1 Å². The van der Waals surface area contributed by atoms with Crippen molar-refractivity contribution >= 4 is 0 Å². The Morgan fingerprint density at radius 3 is 2.56 bits per heavy atom. The minimum Gasteiger partial charge on any atom is -0.483 e. The molecule has 2 heteroatoms. The van der Waals surface area contributed by atoms with E-state index in [1.54, 1.807) is 7.11 Å². The van der Waals surface area contributed by atoms with Crippen molar-refractivity contribution in [1.82, 2.24) is 4.90 Å². The Labute approximate surface area is 55.4 Å². The molecule has 1 aliphatic rings. The van der Waals surface area contributed by atoms with Crippen molar-refractivity contribution in [2.75, 3.05) is 20.2 Å². The fourth-order valence-electron chi connectivity index (χ4n) is 0.811. The van der Waals surface area contributed by atoms with E-state index in [0.29, 0.717) is 0 Å². The summed E-state index contributed by atoms with van der Waals surface area (Å²) >= 11 is 0. The van der Waals surface area contributed by atoms with E-state index in [9.17, 15) is 0 Å². The van der Waals surface area contributed by atoms with Crippen molar-refractivity contribution in [3.05, 3.63) is 24.6 Å². The van der Waals surface area contributed by atoms with Crippen LogP contribution in [0.25, 0.3) is 0 Å². The molecule has 0 aromatic heterocycles. The molecule has 1 aliphatic heterocycles. The molecule has 0 N–H and O–H groups in total. The third kappa shape index (κ3) is 1.25. The second kappa shape index (κ2) is 2.58. The largest absolute Gasteiger partial charge is 0.483 e. The summed E-state index contributed by atoms with van der Waals surface area (Å²) in [4.78, 5) is 2.06. The van der Waals surface area contributed by atoms with E-state index >= 15 is 0 Å². The van der Waals surface area contributed by atoms with Gasteiger partial charge in [0.1, 0.15) is 0 Å². The summed E-state index contributed by atoms with van der Waals surface area (Å²) in [6.45, 7) is 5.59. The molecule has 1 heterocycles. The lowest BCUT2D eigenvalue weighted by Gasteiger charge is -2.17. The Kier molecular flexibility index (Phi) is 1.78. The molecule has 2 nitrogen and oxygen atoms in total. The average Bonchev–Trinajstić information content (AvgIpc) is 2.37. The summed E-state index contributed by atoms with van der Waals surface area (Å²) in [6.07, 6.45) is 4.20. The molecule has 1 rings (SSSR count). The van der Waals surface area contributed by atoms with Gasteiger partial charge in [-0.2, -0.15) is 0 Å². The number of hydrogen-bond acceptors (Lipinski definition) is 2. The van der Waals surface area contributed by atoms with Crippen molar-refractivity contribution in [2.45, 2.75) is 0 Å². The molecule has 0 bridgehead atoms. The van der Waals surface area contributed by atoms with Crippen LogP contribution < -0.4 is 0 Å². The normalized spacial score (nSPS) is 16.3. The van der Waals surface area contributed by atoms with Crippen LogP contribution in [0.4, 0.5) is 0 Å². The number of hydrogen-bond donors (Lipinski definition) is 0. The van der Waals surface area contributed by atoms with E-state index in [-0.39, 0.29) is 0 Å². The predicted molar refractivity (Wildman–Crippen MR) is 36.9 cm³/mol. The van der Waals surface area contributed by atoms with Crippen LogP contribution in [0.5, 0.6) is 0 Å². The first-order chi connectivity index (χ1) is 4.34. The first kappa shape index (κ1) is 6.20. The highest BCUT2D eigenvalue weighted by molar-refractivity contribution is 5.01. The highest BCUT2D eigenvalue weighted by atomic mass is 16.5. The zero-order chi connectivity index (χ0) is 6.69. The van der Waals surface area contributed by atoms with Crippen LogP contribution in [0.1, 0.15) is 0 Å². The monoisotopic (exact) mass is 125 g/mol. The molecule has 0 saturated carbocycles. The van der Waals surface area contributed by atoms with Gasteiger partial charge < -0.3 is 9.64 Å². The molecule has 0 aromatic rings. The van der Waals surface area contributed by atoms with E-state index in [0.717, 1.165) is 19.0 Å². The summed E-state index contributed by atoms with van der Waals surface area (Å²) in [5.41, 5.74) is 0. The number of methoxy groups -OCH3 is 1. The minimum atomic E-state index is 0.750. The molecule has 0 unspecified atom stereocenters. The zero-order valence-electron chi connectivity index (χ0n) is 5.63. The number of rotatable bonds is 2. The maximum absolute atomic E-state index is 4.93. The van der Waals surface area contributed by atoms with Gasteiger partial charge in [0, 0.05) is 13.1 Å². The van der Waals surface area contributed by atoms with Gasteiger partial charge in [-0.3, -0.25) is 0 Å². The van der Waals surface area contributed by atoms with Gasteiger partial charge in [0.05, 0.1) is 7.11 Å². The molecule has 9 heavy (non-hydrogen) atoms. The van der Waals surface area contributed by atoms with Gasteiger partial charge >= 0.3 is 0 Å². The predicted octanol–water partition coefficient (Wildman–Crippen LogP) is 0.976. The highest BCUT2D eigenvalue weighted by Gasteiger charge is 2.06. The van der Waals surface area contributed by atoms with E-state index < -0.39 is 0 Å². The highest BCUT2D eigenvalue weighted by Crippen LogP contribution is 2.06. The summed E-state index contributed by atoms with van der Waals surface area (Å²) in [5, 5.41) is 0. The van der Waals surface area contributed by atoms with Crippen LogP contribution in [0.15, 0.2) is 24.6 Å². The van der Waals surface area contributed by atoms with Crippen LogP contribution >= 0.6 is 0 Å². The molecule has 0 fully saturated rings. The zero-order valence-corrected chi connectivity index (χ0v) is 5.63. The van der Waals surface area contributed by atoms with Crippen molar-refractivity contribution in [1.29, 1.82) is 0 Å². The fraction of sp³-hybridized carbons (Fsp3) is 0.429. The Bertz CT molecular complexity index is 132. The third-order valence-electron chi connectivity index (χ3n) is 1.41. The number of ether oxygens (including phenoxy) is 1. The Morgan fingerprint density at radius 1 is 1.56 bits per heavy atom. The lowest BCUT2D eigenvalue weighted by atomic mass is 10.6. The lowest BCUT2D eigenvalue weighted by Crippen LogP contribution is -2.19. The molecular weight excluding hydrogens is 114 g/mol. The third-order valence-corrected chi connectivity index (χ3v) is 1.41. The van der Waals surface area contributed by atoms with Gasteiger partial charge in [-0.25, -0.2) is 0 Å². The molecule has 0 amide bonds. The maximum Gasteiger partial charge on any atom is 0.182 e. The first-order valence-corrected chi connectivity index (χ1v) is 2.97. The van der Waals surface area contributed by atoms with Crippen LogP contribution in [0.2, 0.25) is 0 Å². The summed E-state index contributed by atoms with van der Waals surface area (Å²) in [6, 6.07) is 0. The smallest absolute Gasteiger partial charge is 0.182 e. The SMILES string of the molecule is C=C(OC)N1CC=CC1. The summed E-state index contributed by atoms with van der Waals surface area (Å²) in [7, 11) is 1.64. The van der Waals surface area contributed by atoms with Crippen molar-refractivity contribution < 1.29 is 4.74 Å². The molecule has 0 atom stereocenters. The molecule has 50 valence electrons. The summed E-state index contributed by atoms with van der Waals surface area (Å²) in [5.74, 6) is 0.750. The molecule has 0 spiro atoms. The molecule has 0 aromatic carbocycles. The van der Waals surface area contributed by atoms with E-state index in [4.69, 9.17) is 4.74 Å². The average molecular weight is 125 g/mol. The topological polar surface area (TPSA) is 12.5 Å². The van der Waals surface area contributed by atoms with Gasteiger partial charge in [-0.05, 0) is 6.58 Å². The van der Waals surface area contributed by atoms with Gasteiger partial charge in [0.2, 0.25) is 0 Å². The van der Waals surface area contributed by atoms with Gasteiger partial charge in [-0.15, -0.1) is 0 Å². The second-order valence-electron chi connectivity index (χ2n) is 1.97.